The first-order chi connectivity index (χ1) is 33.9. The topological polar surface area (TPSA) is 197 Å². The van der Waals surface area contributed by atoms with Gasteiger partial charge in [-0.05, 0) is 79.6 Å². The minimum absolute atomic E-state index is 0.0236. The van der Waals surface area contributed by atoms with Crippen LogP contribution in [-0.2, 0) is 38.6 Å². The largest absolute Gasteiger partial charge is 0.461 e. The summed E-state index contributed by atoms with van der Waals surface area (Å²) in [6, 6.07) is 20.4. The molecule has 2 aliphatic rings. The molecule has 2 aliphatic heterocycles. The van der Waals surface area contributed by atoms with Crippen LogP contribution < -0.4 is 16.0 Å². The number of benzene rings is 3. The van der Waals surface area contributed by atoms with E-state index in [0.717, 1.165) is 59.4 Å². The zero-order valence-electron chi connectivity index (χ0n) is 40.6. The summed E-state index contributed by atoms with van der Waals surface area (Å²) in [4.78, 5) is 68.3. The molecule has 0 aliphatic carbocycles. The molecule has 368 valence electrons. The molecule has 1 fully saturated rings. The normalized spacial score (nSPS) is 17.1. The number of likely N-dealkylation sites (tertiary alicyclic amines) is 1. The van der Waals surface area contributed by atoms with Crippen molar-refractivity contribution in [2.75, 3.05) is 13.1 Å². The Morgan fingerprint density at radius 2 is 1.65 bits per heavy atom. The van der Waals surface area contributed by atoms with E-state index in [2.05, 4.69) is 45.0 Å². The highest BCUT2D eigenvalue weighted by Gasteiger charge is 2.44. The van der Waals surface area contributed by atoms with Crippen LogP contribution in [0, 0.1) is 33.1 Å². The highest BCUT2D eigenvalue weighted by Crippen LogP contribution is 2.40. The molecule has 2 unspecified atom stereocenters. The number of β-amino-alcohol motifs (C(OH)–C–C–N with tert-alkyl or cyclic N) is 1. The molecular formula is C53H56ClN9O6S2. The molecular weight excluding hydrogens is 958 g/mol. The number of carbonyl (C=O) groups is 4. The van der Waals surface area contributed by atoms with E-state index in [1.165, 1.54) is 4.90 Å². The number of aliphatic hydroxyl groups excluding tert-OH is 1. The van der Waals surface area contributed by atoms with Crippen LogP contribution in [0.3, 0.4) is 0 Å². The lowest BCUT2D eigenvalue weighted by atomic mass is 9.85. The summed E-state index contributed by atoms with van der Waals surface area (Å²) in [6.45, 7) is 14.1. The first-order valence-corrected chi connectivity index (χ1v) is 25.7. The lowest BCUT2D eigenvalue weighted by Gasteiger charge is -2.35. The highest BCUT2D eigenvalue weighted by molar-refractivity contribution is 7.15. The standard InChI is InChI=1S/C53H56ClN9O6S2/c1-28-30(3)71-52-45(28)46(34-14-16-37(54)17-15-34)58-40(49-61-60-31(4)63(49)52)24-43(65)55-19-18-39-22-36-13-10-33(20-42(36)69-39)21-44(66)59-48(53(5,6)7)51(68)62-26-38(64)23-41(62)50(67)56-25-32-8-11-35(12-9-32)47-29(2)57-27-70-47/h8-17,20,22,27,38,40-41,48,64H,18-19,21,23-26H2,1-7H3,(H,55,65)(H,56,67)(H,59,66)/t38?,40?,41-,48+/m0/s1. The van der Waals surface area contributed by atoms with Crippen LogP contribution in [0.2, 0.25) is 5.02 Å². The first kappa shape index (κ1) is 49.5. The van der Waals surface area contributed by atoms with Crippen molar-refractivity contribution in [2.45, 2.75) is 105 Å². The Morgan fingerprint density at radius 3 is 2.37 bits per heavy atom. The number of thiazole rings is 1. The third-order valence-corrected chi connectivity index (χ3v) is 15.6. The Balaban J connectivity index is 0.808. The van der Waals surface area contributed by atoms with Gasteiger partial charge in [0.2, 0.25) is 23.6 Å². The van der Waals surface area contributed by atoms with Gasteiger partial charge in [0, 0.05) is 58.9 Å². The smallest absolute Gasteiger partial charge is 0.246 e. The summed E-state index contributed by atoms with van der Waals surface area (Å²) in [5, 5.41) is 31.0. The molecule has 3 aromatic carbocycles. The summed E-state index contributed by atoms with van der Waals surface area (Å²) in [5.74, 6) is 0.593. The second-order valence-electron chi connectivity index (χ2n) is 19.4. The number of aliphatic imine (C=N–C) groups is 1. The fourth-order valence-corrected chi connectivity index (χ4v) is 11.4. The van der Waals surface area contributed by atoms with Gasteiger partial charge in [-0.1, -0.05) is 80.9 Å². The molecule has 4 atom stereocenters. The monoisotopic (exact) mass is 1010 g/mol. The zero-order chi connectivity index (χ0) is 50.3. The van der Waals surface area contributed by atoms with E-state index in [0.29, 0.717) is 46.5 Å². The SMILES string of the molecule is Cc1ncsc1-c1ccc(CNC(=O)[C@@H]2CC(O)CN2C(=O)[C@@H](NC(=O)Cc2ccc3cc(CCNC(=O)CC4N=C(c5ccc(Cl)cc5)c5c(sc(C)c5C)-n5c(C)nnc54)oc3c2)C(C)(C)C)cc1. The molecule has 4 aromatic heterocycles. The number of furan rings is 1. The van der Waals surface area contributed by atoms with Crippen molar-refractivity contribution in [3.05, 3.63) is 139 Å². The number of amides is 4. The summed E-state index contributed by atoms with van der Waals surface area (Å²) < 4.78 is 8.23. The summed E-state index contributed by atoms with van der Waals surface area (Å²) in [7, 11) is 0. The number of aromatic nitrogens is 4. The van der Waals surface area contributed by atoms with Crippen LogP contribution in [0.15, 0.2) is 87.7 Å². The number of rotatable bonds is 14. The number of hydrogen-bond donors (Lipinski definition) is 4. The van der Waals surface area contributed by atoms with E-state index in [4.69, 9.17) is 21.0 Å². The number of hydrogen-bond acceptors (Lipinski definition) is 12. The van der Waals surface area contributed by atoms with Gasteiger partial charge in [0.05, 0.1) is 40.7 Å². The van der Waals surface area contributed by atoms with Crippen molar-refractivity contribution in [1.29, 1.82) is 0 Å². The van der Waals surface area contributed by atoms with Crippen LogP contribution in [0.1, 0.15) is 95.5 Å². The maximum atomic E-state index is 14.3. The molecule has 0 bridgehead atoms. The predicted octanol–water partition coefficient (Wildman–Crippen LogP) is 8.08. The molecule has 0 spiro atoms. The second-order valence-corrected chi connectivity index (χ2v) is 21.9. The minimum Gasteiger partial charge on any atom is -0.461 e. The summed E-state index contributed by atoms with van der Waals surface area (Å²) in [5.41, 5.74) is 9.03. The van der Waals surface area contributed by atoms with E-state index in [1.807, 2.05) is 111 Å². The Kier molecular flexibility index (Phi) is 14.1. The number of halogens is 1. The average Bonchev–Trinajstić information content (AvgIpc) is 4.16. The van der Waals surface area contributed by atoms with Gasteiger partial charge in [0.25, 0.3) is 0 Å². The van der Waals surface area contributed by atoms with Crippen molar-refractivity contribution in [3.8, 4) is 15.4 Å². The highest BCUT2D eigenvalue weighted by atomic mass is 35.5. The number of aliphatic hydroxyl groups is 1. The fourth-order valence-electron chi connectivity index (χ4n) is 9.25. The molecule has 18 heteroatoms. The van der Waals surface area contributed by atoms with E-state index < -0.39 is 35.6 Å². The van der Waals surface area contributed by atoms with Crippen LogP contribution in [0.5, 0.6) is 0 Å². The van der Waals surface area contributed by atoms with Gasteiger partial charge in [-0.15, -0.1) is 32.9 Å². The van der Waals surface area contributed by atoms with Gasteiger partial charge in [-0.2, -0.15) is 0 Å². The van der Waals surface area contributed by atoms with Crippen molar-refractivity contribution in [2.24, 2.45) is 10.4 Å². The maximum Gasteiger partial charge on any atom is 0.246 e. The number of aryl methyl sites for hydroxylation is 3. The summed E-state index contributed by atoms with van der Waals surface area (Å²) in [6.07, 6.45) is -0.351. The quantitative estimate of drug-likeness (QED) is 0.0833. The van der Waals surface area contributed by atoms with Crippen molar-refractivity contribution in [3.63, 3.8) is 0 Å². The van der Waals surface area contributed by atoms with Gasteiger partial charge in [-0.3, -0.25) is 28.7 Å². The van der Waals surface area contributed by atoms with Crippen molar-refractivity contribution >= 4 is 74.6 Å². The van der Waals surface area contributed by atoms with Crippen LogP contribution in [0.25, 0.3) is 26.4 Å². The predicted molar refractivity (Wildman–Crippen MR) is 276 cm³/mol. The number of thiophene rings is 1. The zero-order valence-corrected chi connectivity index (χ0v) is 43.0. The molecule has 1 saturated heterocycles. The van der Waals surface area contributed by atoms with Gasteiger partial charge in [0.1, 0.15) is 40.3 Å². The van der Waals surface area contributed by atoms with Crippen molar-refractivity contribution in [1.82, 2.24) is 40.6 Å². The van der Waals surface area contributed by atoms with Gasteiger partial charge in [0.15, 0.2) is 5.82 Å². The number of fused-ring (bicyclic) bond motifs is 4. The molecule has 4 amide bonds. The van der Waals surface area contributed by atoms with Gasteiger partial charge in [-0.25, -0.2) is 4.98 Å². The van der Waals surface area contributed by atoms with Crippen LogP contribution in [0.4, 0.5) is 0 Å². The molecule has 0 saturated carbocycles. The van der Waals surface area contributed by atoms with E-state index >= 15 is 0 Å². The van der Waals surface area contributed by atoms with Gasteiger partial charge < -0.3 is 30.4 Å². The molecule has 71 heavy (non-hydrogen) atoms. The Labute approximate surface area is 424 Å². The van der Waals surface area contributed by atoms with Crippen LogP contribution >= 0.6 is 34.3 Å². The second kappa shape index (κ2) is 20.3. The maximum absolute atomic E-state index is 14.3. The number of nitrogens with zero attached hydrogens (tertiary/aromatic N) is 6. The average molecular weight is 1010 g/mol. The lowest BCUT2D eigenvalue weighted by molar-refractivity contribution is -0.144. The molecule has 15 nitrogen and oxygen atoms in total. The van der Waals surface area contributed by atoms with E-state index in [9.17, 15) is 24.3 Å². The Hall–Kier alpha value is -6.53. The molecule has 0 radical (unpaired) electrons. The van der Waals surface area contributed by atoms with Crippen LogP contribution in [-0.4, -0.2) is 90.4 Å². The Bertz CT molecular complexity index is 3180. The molecule has 4 N–H and O–H groups in total. The van der Waals surface area contributed by atoms with E-state index in [1.54, 1.807) is 28.7 Å². The first-order valence-electron chi connectivity index (χ1n) is 23.6. The third-order valence-electron chi connectivity index (χ3n) is 13.1. The Morgan fingerprint density at radius 1 is 0.915 bits per heavy atom. The van der Waals surface area contributed by atoms with E-state index in [-0.39, 0.29) is 50.1 Å². The molecule has 9 rings (SSSR count). The molecule has 7 aromatic rings. The fraction of sp³-hybridized carbons (Fsp3) is 0.358. The minimum atomic E-state index is -0.975. The van der Waals surface area contributed by atoms with Crippen molar-refractivity contribution < 1.29 is 28.7 Å². The summed E-state index contributed by atoms with van der Waals surface area (Å²) >= 11 is 9.49. The lowest BCUT2D eigenvalue weighted by Crippen LogP contribution is -2.58. The van der Waals surface area contributed by atoms with Gasteiger partial charge >= 0.3 is 0 Å². The number of carbonyl (C=O) groups excluding carboxylic acids is 4. The third kappa shape index (κ3) is 10.6. The molecule has 6 heterocycles. The number of nitrogens with one attached hydrogen (secondary N) is 3.